The standard InChI is InChI=1S/C31H45Cl2N5O4Si.C21H24Cl2N4O/c1-30(2,3)42-29(40)34-19-31(4)12-14-37(15-13-31)28-35-26-24(27(39)36(28)5)22(21-10-9-11-23(32)25(21)33)18-38(26)20-41-16-17-43(6,7)8;1-21(12-24)8-10-27(11-9-21)20-25-16-7-6-13(17(16)19(28)26(20)2)14-4-3-5-15(22)18(14)23/h9-11,18H,12-17,19-20H2,1-8H3,(H,34,40);3-6H,7-12,24H2,1-2H3. The Morgan fingerprint density at radius 3 is 1.93 bits per heavy atom. The van der Waals surface area contributed by atoms with E-state index >= 15 is 0 Å². The molecule has 1 aliphatic carbocycles. The van der Waals surface area contributed by atoms with Crippen molar-refractivity contribution in [2.24, 2.45) is 30.7 Å². The molecule has 14 nitrogen and oxygen atoms in total. The second kappa shape index (κ2) is 21.6. The number of carbonyl (C=O) groups is 1. The van der Waals surface area contributed by atoms with Gasteiger partial charge in [0.15, 0.2) is 5.65 Å². The first-order chi connectivity index (χ1) is 33.3. The third kappa shape index (κ3) is 12.4. The van der Waals surface area contributed by atoms with Gasteiger partial charge in [0.2, 0.25) is 11.9 Å². The Balaban J connectivity index is 0.000000228. The van der Waals surface area contributed by atoms with Gasteiger partial charge in [-0.1, -0.05) is 110 Å². The first-order valence-electron chi connectivity index (χ1n) is 24.4. The fourth-order valence-electron chi connectivity index (χ4n) is 9.21. The molecule has 3 aliphatic rings. The van der Waals surface area contributed by atoms with Crippen LogP contribution < -0.4 is 32.0 Å². The molecule has 384 valence electrons. The summed E-state index contributed by atoms with van der Waals surface area (Å²) in [6, 6.07) is 11.9. The number of rotatable bonds is 12. The number of amides is 1. The van der Waals surface area contributed by atoms with Crippen molar-refractivity contribution >= 4 is 89.1 Å². The van der Waals surface area contributed by atoms with Crippen LogP contribution in [-0.4, -0.2) is 89.3 Å². The van der Waals surface area contributed by atoms with Crippen molar-refractivity contribution in [1.82, 2.24) is 29.0 Å². The molecule has 71 heavy (non-hydrogen) atoms. The fourth-order valence-corrected chi connectivity index (χ4v) is 10.8. The van der Waals surface area contributed by atoms with E-state index in [0.29, 0.717) is 93.0 Å². The Hall–Kier alpha value is -4.35. The Morgan fingerprint density at radius 1 is 0.803 bits per heavy atom. The van der Waals surface area contributed by atoms with Gasteiger partial charge in [-0.25, -0.2) is 9.78 Å². The van der Waals surface area contributed by atoms with Crippen molar-refractivity contribution in [2.75, 3.05) is 55.7 Å². The van der Waals surface area contributed by atoms with Crippen molar-refractivity contribution in [1.29, 1.82) is 0 Å². The molecule has 3 N–H and O–H groups in total. The van der Waals surface area contributed by atoms with Crippen LogP contribution in [0.3, 0.4) is 0 Å². The van der Waals surface area contributed by atoms with Crippen molar-refractivity contribution in [2.45, 2.75) is 105 Å². The monoisotopic (exact) mass is 1070 g/mol. The number of allylic oxidation sites excluding steroid dienone is 1. The molecule has 0 saturated carbocycles. The molecule has 0 bridgehead atoms. The molecule has 0 atom stereocenters. The number of nitrogens with one attached hydrogen (secondary N) is 1. The number of aromatic nitrogens is 5. The van der Waals surface area contributed by atoms with Crippen LogP contribution in [0.2, 0.25) is 45.8 Å². The summed E-state index contributed by atoms with van der Waals surface area (Å²) in [5.74, 6) is 1.33. The average molecular weight is 1070 g/mol. The van der Waals surface area contributed by atoms with Gasteiger partial charge < -0.3 is 34.9 Å². The van der Waals surface area contributed by atoms with Gasteiger partial charge in [-0.05, 0) is 87.6 Å². The summed E-state index contributed by atoms with van der Waals surface area (Å²) in [7, 11) is 2.28. The summed E-state index contributed by atoms with van der Waals surface area (Å²) >= 11 is 25.6. The number of fused-ring (bicyclic) bond motifs is 2. The SMILES string of the molecule is Cn1c(N2CCC(C)(CN)CC2)nc2c(c1=O)C(c1cccc(Cl)c1Cl)=CC2.Cn1c(N2CCC(C)(CNC(=O)OC(C)(C)C)CC2)nc2c(c(-c3cccc(Cl)c3Cl)cn2COCC[Si](C)(C)C)c1=O. The number of nitrogens with two attached hydrogens (primary N) is 1. The minimum Gasteiger partial charge on any atom is -0.444 e. The molecule has 1 amide bonds. The van der Waals surface area contributed by atoms with E-state index in [9.17, 15) is 14.4 Å². The van der Waals surface area contributed by atoms with Crippen LogP contribution in [0.5, 0.6) is 0 Å². The van der Waals surface area contributed by atoms with Crippen LogP contribution >= 0.6 is 46.4 Å². The van der Waals surface area contributed by atoms with E-state index in [-0.39, 0.29) is 28.7 Å². The number of hydrogen-bond donors (Lipinski definition) is 2. The van der Waals surface area contributed by atoms with Gasteiger partial charge in [0, 0.05) is 90.8 Å². The van der Waals surface area contributed by atoms with Gasteiger partial charge >= 0.3 is 6.09 Å². The molecule has 3 aromatic heterocycles. The van der Waals surface area contributed by atoms with Crippen molar-refractivity contribution in [3.05, 3.63) is 106 Å². The van der Waals surface area contributed by atoms with Crippen LogP contribution in [0.4, 0.5) is 16.7 Å². The van der Waals surface area contributed by atoms with Gasteiger partial charge in [0.05, 0.1) is 36.7 Å². The molecule has 5 aromatic rings. The Labute approximate surface area is 438 Å². The highest BCUT2D eigenvalue weighted by Gasteiger charge is 2.35. The maximum absolute atomic E-state index is 14.0. The number of anilines is 2. The molecular formula is C52H69Cl4N9O5Si. The molecule has 2 aliphatic heterocycles. The summed E-state index contributed by atoms with van der Waals surface area (Å²) < 4.78 is 16.7. The topological polar surface area (TPSA) is 155 Å². The number of benzene rings is 2. The van der Waals surface area contributed by atoms with Gasteiger partial charge in [0.1, 0.15) is 12.3 Å². The number of nitrogens with zero attached hydrogens (tertiary/aromatic N) is 7. The molecule has 2 saturated heterocycles. The third-order valence-electron chi connectivity index (χ3n) is 14.0. The molecule has 0 unspecified atom stereocenters. The number of piperidine rings is 2. The van der Waals surface area contributed by atoms with Crippen molar-refractivity contribution < 1.29 is 14.3 Å². The van der Waals surface area contributed by atoms with E-state index in [1.54, 1.807) is 35.4 Å². The summed E-state index contributed by atoms with van der Waals surface area (Å²) in [5, 5.41) is 5.17. The minimum atomic E-state index is -1.27. The number of halogens is 4. The van der Waals surface area contributed by atoms with E-state index in [1.165, 1.54) is 0 Å². The summed E-state index contributed by atoms with van der Waals surface area (Å²) in [5.41, 5.74) is 10.2. The van der Waals surface area contributed by atoms with E-state index in [1.807, 2.05) is 61.9 Å². The van der Waals surface area contributed by atoms with E-state index in [2.05, 4.69) is 48.6 Å². The van der Waals surface area contributed by atoms with E-state index in [4.69, 9.17) is 71.6 Å². The molecule has 19 heteroatoms. The smallest absolute Gasteiger partial charge is 0.407 e. The zero-order valence-electron chi connectivity index (χ0n) is 42.8. The molecular weight excluding hydrogens is 1000 g/mol. The lowest BCUT2D eigenvalue weighted by Gasteiger charge is -2.40. The zero-order valence-corrected chi connectivity index (χ0v) is 46.8. The molecule has 5 heterocycles. The highest BCUT2D eigenvalue weighted by Crippen LogP contribution is 2.40. The van der Waals surface area contributed by atoms with Crippen LogP contribution in [0.15, 0.2) is 58.3 Å². The van der Waals surface area contributed by atoms with Crippen LogP contribution in [0.1, 0.15) is 77.1 Å². The normalized spacial score (nSPS) is 16.6. The largest absolute Gasteiger partial charge is 0.444 e. The maximum Gasteiger partial charge on any atom is 0.407 e. The first-order valence-corrected chi connectivity index (χ1v) is 29.6. The fraction of sp³-hybridized carbons (Fsp3) is 0.519. The molecule has 2 fully saturated rings. The molecule has 2 aromatic carbocycles. The molecule has 0 spiro atoms. The van der Waals surface area contributed by atoms with Gasteiger partial charge in [-0.2, -0.15) is 4.98 Å². The van der Waals surface area contributed by atoms with Crippen molar-refractivity contribution in [3.8, 4) is 11.1 Å². The van der Waals surface area contributed by atoms with Gasteiger partial charge in [-0.3, -0.25) is 18.7 Å². The van der Waals surface area contributed by atoms with Crippen molar-refractivity contribution in [3.63, 3.8) is 0 Å². The number of alkyl carbamates (subject to hydrolysis) is 1. The predicted octanol–water partition coefficient (Wildman–Crippen LogP) is 10.8. The second-order valence-electron chi connectivity index (χ2n) is 22.1. The van der Waals surface area contributed by atoms with Crippen LogP contribution in [0.25, 0.3) is 27.7 Å². The lowest BCUT2D eigenvalue weighted by Crippen LogP contribution is -2.47. The average Bonchev–Trinajstić information content (AvgIpc) is 3.90. The number of hydrogen-bond acceptors (Lipinski definition) is 10. The van der Waals surface area contributed by atoms with E-state index in [0.717, 1.165) is 67.6 Å². The Morgan fingerprint density at radius 2 is 1.35 bits per heavy atom. The number of ether oxygens (including phenoxy) is 2. The second-order valence-corrected chi connectivity index (χ2v) is 29.3. The Bertz CT molecular complexity index is 2940. The minimum absolute atomic E-state index is 0.0491. The summed E-state index contributed by atoms with van der Waals surface area (Å²) in [6.07, 6.45) is 7.75. The van der Waals surface area contributed by atoms with E-state index < -0.39 is 19.8 Å². The highest BCUT2D eigenvalue weighted by molar-refractivity contribution is 6.76. The van der Waals surface area contributed by atoms with Crippen LogP contribution in [0, 0.1) is 10.8 Å². The third-order valence-corrected chi connectivity index (χ3v) is 17.3. The number of carbonyl (C=O) groups excluding carboxylic acids is 1. The van der Waals surface area contributed by atoms with Crippen LogP contribution in [-0.2, 0) is 36.7 Å². The lowest BCUT2D eigenvalue weighted by atomic mass is 9.80. The summed E-state index contributed by atoms with van der Waals surface area (Å²) in [6.45, 7) is 22.1. The lowest BCUT2D eigenvalue weighted by molar-refractivity contribution is 0.0495. The van der Waals surface area contributed by atoms with Gasteiger partial charge in [-0.15, -0.1) is 0 Å². The quantitative estimate of drug-likeness (QED) is 0.0911. The van der Waals surface area contributed by atoms with Gasteiger partial charge in [0.25, 0.3) is 11.1 Å². The molecule has 0 radical (unpaired) electrons. The zero-order chi connectivity index (χ0) is 51.8. The molecule has 8 rings (SSSR count). The summed E-state index contributed by atoms with van der Waals surface area (Å²) in [4.78, 5) is 53.7. The maximum atomic E-state index is 14.0. The predicted molar refractivity (Wildman–Crippen MR) is 294 cm³/mol. The first kappa shape index (κ1) is 54.4. The Kier molecular flexibility index (Phi) is 16.6. The highest BCUT2D eigenvalue weighted by atomic mass is 35.5.